The van der Waals surface area contributed by atoms with Gasteiger partial charge in [0.2, 0.25) is 0 Å². The van der Waals surface area contributed by atoms with Crippen molar-refractivity contribution in [1.29, 1.82) is 0 Å². The highest BCUT2D eigenvalue weighted by Crippen LogP contribution is 2.29. The molecule has 1 heterocycles. The molecular weight excluding hydrogens is 336 g/mol. The van der Waals surface area contributed by atoms with Gasteiger partial charge in [-0.1, -0.05) is 60.7 Å². The summed E-state index contributed by atoms with van der Waals surface area (Å²) in [5.74, 6) is -3.75. The SMILES string of the molecule is O=C([O-])C(C(=O)OC(c1ccccc1)c1ccccc1)c1ccsc1. The lowest BCUT2D eigenvalue weighted by Crippen LogP contribution is -2.36. The molecule has 0 bridgehead atoms. The monoisotopic (exact) mass is 351 g/mol. The highest BCUT2D eigenvalue weighted by molar-refractivity contribution is 7.08. The summed E-state index contributed by atoms with van der Waals surface area (Å²) in [7, 11) is 0. The van der Waals surface area contributed by atoms with Crippen LogP contribution >= 0.6 is 11.3 Å². The molecule has 0 N–H and O–H groups in total. The van der Waals surface area contributed by atoms with Crippen molar-refractivity contribution in [3.05, 3.63) is 94.2 Å². The van der Waals surface area contributed by atoms with Gasteiger partial charge >= 0.3 is 5.97 Å². The number of rotatable bonds is 6. The third-order valence-electron chi connectivity index (χ3n) is 3.79. The Balaban J connectivity index is 1.92. The summed E-state index contributed by atoms with van der Waals surface area (Å²) in [6.07, 6.45) is -0.685. The van der Waals surface area contributed by atoms with E-state index >= 15 is 0 Å². The Labute approximate surface area is 149 Å². The second kappa shape index (κ2) is 7.77. The number of hydrogen-bond acceptors (Lipinski definition) is 5. The molecule has 0 aliphatic heterocycles. The lowest BCUT2D eigenvalue weighted by molar-refractivity contribution is -0.307. The standard InChI is InChI=1S/C20H16O4S/c21-19(22)17(16-11-12-25-13-16)20(23)24-18(14-7-3-1-4-8-14)15-9-5-2-6-10-15/h1-13,17-18H,(H,21,22)/p-1. The van der Waals surface area contributed by atoms with Crippen LogP contribution in [-0.2, 0) is 14.3 Å². The van der Waals surface area contributed by atoms with Crippen LogP contribution in [0.4, 0.5) is 0 Å². The number of aliphatic carboxylic acids is 1. The highest BCUT2D eigenvalue weighted by atomic mass is 32.1. The third-order valence-corrected chi connectivity index (χ3v) is 4.49. The summed E-state index contributed by atoms with van der Waals surface area (Å²) in [6, 6.07) is 20.0. The molecule has 1 unspecified atom stereocenters. The smallest absolute Gasteiger partial charge is 0.320 e. The van der Waals surface area contributed by atoms with Crippen LogP contribution in [-0.4, -0.2) is 11.9 Å². The minimum atomic E-state index is -1.47. The van der Waals surface area contributed by atoms with Gasteiger partial charge in [0.05, 0.1) is 5.97 Å². The van der Waals surface area contributed by atoms with Crippen molar-refractivity contribution in [3.8, 4) is 0 Å². The maximum Gasteiger partial charge on any atom is 0.320 e. The van der Waals surface area contributed by atoms with Gasteiger partial charge in [0.25, 0.3) is 0 Å². The third kappa shape index (κ3) is 3.95. The van der Waals surface area contributed by atoms with Crippen LogP contribution in [0.15, 0.2) is 77.5 Å². The van der Waals surface area contributed by atoms with E-state index in [1.165, 1.54) is 11.3 Å². The van der Waals surface area contributed by atoms with Crippen molar-refractivity contribution < 1.29 is 19.4 Å². The number of carbonyl (C=O) groups is 2. The van der Waals surface area contributed by atoms with E-state index in [0.29, 0.717) is 5.56 Å². The number of thiophene rings is 1. The Kier molecular flexibility index (Phi) is 5.26. The molecule has 25 heavy (non-hydrogen) atoms. The predicted molar refractivity (Wildman–Crippen MR) is 92.9 cm³/mol. The fourth-order valence-electron chi connectivity index (χ4n) is 2.58. The molecule has 0 fully saturated rings. The molecule has 1 atom stereocenters. The summed E-state index contributed by atoms with van der Waals surface area (Å²) in [5, 5.41) is 14.8. The Bertz CT molecular complexity index is 789. The van der Waals surface area contributed by atoms with Crippen LogP contribution in [0.1, 0.15) is 28.7 Å². The van der Waals surface area contributed by atoms with Gasteiger partial charge in [-0.2, -0.15) is 11.3 Å². The number of carboxylic acid groups (broad SMARTS) is 1. The second-order valence-corrected chi connectivity index (χ2v) is 6.23. The minimum absolute atomic E-state index is 0.370. The average molecular weight is 351 g/mol. The maximum atomic E-state index is 12.6. The van der Waals surface area contributed by atoms with Gasteiger partial charge in [0.1, 0.15) is 5.92 Å². The first kappa shape index (κ1) is 16.9. The fraction of sp³-hybridized carbons (Fsp3) is 0.100. The summed E-state index contributed by atoms with van der Waals surface area (Å²) in [4.78, 5) is 24.1. The zero-order chi connectivity index (χ0) is 17.6. The molecule has 1 aromatic heterocycles. The van der Waals surface area contributed by atoms with Crippen molar-refractivity contribution >= 4 is 23.3 Å². The molecule has 5 heteroatoms. The van der Waals surface area contributed by atoms with Crippen LogP contribution in [0, 0.1) is 0 Å². The van der Waals surface area contributed by atoms with Gasteiger partial charge in [-0.3, -0.25) is 4.79 Å². The van der Waals surface area contributed by atoms with Crippen LogP contribution < -0.4 is 5.11 Å². The average Bonchev–Trinajstić information content (AvgIpc) is 3.15. The van der Waals surface area contributed by atoms with Crippen molar-refractivity contribution in [1.82, 2.24) is 0 Å². The van der Waals surface area contributed by atoms with E-state index in [1.54, 1.807) is 16.8 Å². The summed E-state index contributed by atoms with van der Waals surface area (Å²) < 4.78 is 5.61. The number of benzene rings is 2. The van der Waals surface area contributed by atoms with Crippen molar-refractivity contribution in [2.24, 2.45) is 0 Å². The minimum Gasteiger partial charge on any atom is -0.549 e. The maximum absolute atomic E-state index is 12.6. The molecule has 0 amide bonds. The number of carbonyl (C=O) groups excluding carboxylic acids is 2. The highest BCUT2D eigenvalue weighted by Gasteiger charge is 2.28. The summed E-state index contributed by atoms with van der Waals surface area (Å²) in [6.45, 7) is 0. The first-order valence-electron chi connectivity index (χ1n) is 7.70. The van der Waals surface area contributed by atoms with Gasteiger partial charge < -0.3 is 14.6 Å². The second-order valence-electron chi connectivity index (χ2n) is 5.45. The molecule has 0 saturated heterocycles. The molecule has 0 saturated carbocycles. The molecule has 3 rings (SSSR count). The Morgan fingerprint density at radius 1 is 0.840 bits per heavy atom. The predicted octanol–water partition coefficient (Wildman–Crippen LogP) is 2.91. The van der Waals surface area contributed by atoms with E-state index in [-0.39, 0.29) is 0 Å². The van der Waals surface area contributed by atoms with Crippen molar-refractivity contribution in [3.63, 3.8) is 0 Å². The van der Waals surface area contributed by atoms with Crippen molar-refractivity contribution in [2.75, 3.05) is 0 Å². The quantitative estimate of drug-likeness (QED) is 0.506. The molecule has 0 aliphatic rings. The van der Waals surface area contributed by atoms with E-state index in [0.717, 1.165) is 11.1 Å². The van der Waals surface area contributed by atoms with Crippen LogP contribution in [0.3, 0.4) is 0 Å². The molecule has 0 aliphatic carbocycles. The molecule has 0 spiro atoms. The zero-order valence-electron chi connectivity index (χ0n) is 13.2. The van der Waals surface area contributed by atoms with Crippen LogP contribution in [0.25, 0.3) is 0 Å². The summed E-state index contributed by atoms with van der Waals surface area (Å²) >= 11 is 1.32. The lowest BCUT2D eigenvalue weighted by Gasteiger charge is -2.23. The molecule has 4 nitrogen and oxygen atoms in total. The fourth-order valence-corrected chi connectivity index (χ4v) is 3.26. The molecule has 0 radical (unpaired) electrons. The largest absolute Gasteiger partial charge is 0.549 e. The molecule has 126 valence electrons. The first-order valence-corrected chi connectivity index (χ1v) is 8.64. The van der Waals surface area contributed by atoms with Crippen molar-refractivity contribution in [2.45, 2.75) is 12.0 Å². The molecular formula is C20H15O4S-. The Morgan fingerprint density at radius 2 is 1.40 bits per heavy atom. The topological polar surface area (TPSA) is 66.4 Å². The number of esters is 1. The number of ether oxygens (including phenoxy) is 1. The molecule has 2 aromatic carbocycles. The first-order chi connectivity index (χ1) is 12.2. The Hall–Kier alpha value is -2.92. The normalized spacial score (nSPS) is 11.9. The number of carboxylic acids is 1. The van der Waals surface area contributed by atoms with E-state index in [1.807, 2.05) is 60.7 Å². The Morgan fingerprint density at radius 3 is 1.84 bits per heavy atom. The number of hydrogen-bond donors (Lipinski definition) is 0. The van der Waals surface area contributed by atoms with Gasteiger partial charge in [-0.05, 0) is 33.5 Å². The lowest BCUT2D eigenvalue weighted by atomic mass is 10.00. The van der Waals surface area contributed by atoms with E-state index in [9.17, 15) is 14.7 Å². The zero-order valence-corrected chi connectivity index (χ0v) is 14.0. The van der Waals surface area contributed by atoms with Gasteiger partial charge in [0.15, 0.2) is 6.10 Å². The summed E-state index contributed by atoms with van der Waals surface area (Å²) in [5.41, 5.74) is 1.91. The van der Waals surface area contributed by atoms with Gasteiger partial charge in [0, 0.05) is 0 Å². The molecule has 3 aromatic rings. The van der Waals surface area contributed by atoms with E-state index in [2.05, 4.69) is 0 Å². The van der Waals surface area contributed by atoms with Crippen LogP contribution in [0.5, 0.6) is 0 Å². The van der Waals surface area contributed by atoms with Gasteiger partial charge in [-0.25, -0.2) is 0 Å². The van der Waals surface area contributed by atoms with Gasteiger partial charge in [-0.15, -0.1) is 0 Å². The van der Waals surface area contributed by atoms with Crippen LogP contribution in [0.2, 0.25) is 0 Å². The van der Waals surface area contributed by atoms with E-state index < -0.39 is 24.0 Å². The van der Waals surface area contributed by atoms with E-state index in [4.69, 9.17) is 4.74 Å².